The molecule has 0 aromatic heterocycles. The number of nitrogens with zero attached hydrogens (tertiary/aromatic N) is 1. The van der Waals surface area contributed by atoms with Crippen LogP contribution in [0.5, 0.6) is 5.75 Å². The first-order chi connectivity index (χ1) is 21.4. The molecule has 45 heavy (non-hydrogen) atoms. The molecule has 4 amide bonds. The summed E-state index contributed by atoms with van der Waals surface area (Å²) < 4.78 is 0. The molecule has 2 rings (SSSR count). The van der Waals surface area contributed by atoms with Gasteiger partial charge in [-0.1, -0.05) is 42.5 Å². The summed E-state index contributed by atoms with van der Waals surface area (Å²) in [5, 5.41) is 38.3. The average molecular weight is 629 g/mol. The highest BCUT2D eigenvalue weighted by Gasteiger charge is 2.28. The number of hydrogen-bond donors (Lipinski definition) is 10. The minimum atomic E-state index is -1.40. The molecule has 0 saturated heterocycles. The fourth-order valence-electron chi connectivity index (χ4n) is 4.08. The molecule has 0 aliphatic heterocycles. The average Bonchev–Trinajstić information content (AvgIpc) is 3.00. The summed E-state index contributed by atoms with van der Waals surface area (Å²) in [6.07, 6.45) is 0.353. The molecule has 2 aromatic rings. The zero-order valence-corrected chi connectivity index (χ0v) is 24.5. The third-order valence-electron chi connectivity index (χ3n) is 6.46. The van der Waals surface area contributed by atoms with Crippen LogP contribution in [0.25, 0.3) is 0 Å². The molecule has 0 radical (unpaired) electrons. The number of carboxylic acids is 1. The van der Waals surface area contributed by atoms with Gasteiger partial charge in [-0.15, -0.1) is 0 Å². The summed E-state index contributed by atoms with van der Waals surface area (Å²) in [6.45, 7) is -1.27. The van der Waals surface area contributed by atoms with Gasteiger partial charge in [0.2, 0.25) is 23.6 Å². The van der Waals surface area contributed by atoms with Crippen LogP contribution in [0.2, 0.25) is 0 Å². The number of carboxylic acid groups (broad SMARTS) is 1. The number of rotatable bonds is 18. The number of phenols is 1. The first-order valence-corrected chi connectivity index (χ1v) is 14.0. The van der Waals surface area contributed by atoms with E-state index in [0.29, 0.717) is 5.56 Å². The van der Waals surface area contributed by atoms with Crippen molar-refractivity contribution in [3.63, 3.8) is 0 Å². The lowest BCUT2D eigenvalue weighted by Crippen LogP contribution is -2.56. The number of guanidine groups is 1. The zero-order chi connectivity index (χ0) is 33.4. The molecule has 244 valence electrons. The number of aliphatic carboxylic acids is 1. The van der Waals surface area contributed by atoms with Gasteiger partial charge in [-0.25, -0.2) is 4.79 Å². The van der Waals surface area contributed by atoms with E-state index in [1.54, 1.807) is 24.3 Å². The highest BCUT2D eigenvalue weighted by Crippen LogP contribution is 2.12. The molecule has 0 heterocycles. The molecule has 0 aliphatic rings. The number of benzene rings is 2. The number of hydrogen-bond acceptors (Lipinski definition) is 9. The normalized spacial score (nSPS) is 13.3. The monoisotopic (exact) mass is 628 g/mol. The number of phenolic OH excluding ortho intramolecular Hbond substituents is 1. The maximum Gasteiger partial charge on any atom is 0.326 e. The van der Waals surface area contributed by atoms with E-state index < -0.39 is 66.9 Å². The lowest BCUT2D eigenvalue weighted by Gasteiger charge is -2.22. The van der Waals surface area contributed by atoms with Crippen LogP contribution in [-0.4, -0.2) is 94.7 Å². The van der Waals surface area contributed by atoms with Crippen LogP contribution in [0, 0.1) is 0 Å². The molecule has 0 unspecified atom stereocenters. The summed E-state index contributed by atoms with van der Waals surface area (Å²) >= 11 is 0. The van der Waals surface area contributed by atoms with Crippen LogP contribution in [-0.2, 0) is 36.8 Å². The van der Waals surface area contributed by atoms with Gasteiger partial charge in [0.05, 0.1) is 19.2 Å². The lowest BCUT2D eigenvalue weighted by atomic mass is 10.0. The zero-order valence-electron chi connectivity index (χ0n) is 24.5. The number of nitrogens with two attached hydrogens (primary N) is 3. The Hall–Kier alpha value is -5.22. The Morgan fingerprint density at radius 2 is 1.40 bits per heavy atom. The van der Waals surface area contributed by atoms with Crippen molar-refractivity contribution in [3.05, 3.63) is 65.7 Å². The Bertz CT molecular complexity index is 1320. The number of aliphatic hydroxyl groups excluding tert-OH is 1. The number of aromatic hydroxyl groups is 1. The smallest absolute Gasteiger partial charge is 0.326 e. The van der Waals surface area contributed by atoms with Gasteiger partial charge in [-0.2, -0.15) is 0 Å². The first kappa shape index (κ1) is 36.0. The van der Waals surface area contributed by atoms with Crippen molar-refractivity contribution in [2.45, 2.75) is 49.9 Å². The topological polar surface area (TPSA) is 285 Å². The number of amides is 4. The van der Waals surface area contributed by atoms with Crippen molar-refractivity contribution < 1.29 is 39.3 Å². The second kappa shape index (κ2) is 18.4. The molecule has 13 N–H and O–H groups in total. The summed E-state index contributed by atoms with van der Waals surface area (Å²) in [5.74, 6) is -4.68. The molecule has 0 fully saturated rings. The molecule has 0 aliphatic carbocycles. The maximum absolute atomic E-state index is 13.1. The van der Waals surface area contributed by atoms with E-state index >= 15 is 0 Å². The second-order valence-corrected chi connectivity index (χ2v) is 10.1. The van der Waals surface area contributed by atoms with Crippen molar-refractivity contribution in [2.24, 2.45) is 22.2 Å². The van der Waals surface area contributed by atoms with E-state index in [1.807, 2.05) is 6.07 Å². The van der Waals surface area contributed by atoms with Crippen LogP contribution >= 0.6 is 0 Å². The molecule has 16 nitrogen and oxygen atoms in total. The van der Waals surface area contributed by atoms with Gasteiger partial charge >= 0.3 is 5.97 Å². The Morgan fingerprint density at radius 1 is 0.778 bits per heavy atom. The van der Waals surface area contributed by atoms with Gasteiger partial charge in [0.15, 0.2) is 5.96 Å². The van der Waals surface area contributed by atoms with Gasteiger partial charge in [0.25, 0.3) is 0 Å². The van der Waals surface area contributed by atoms with Gasteiger partial charge < -0.3 is 53.8 Å². The summed E-state index contributed by atoms with van der Waals surface area (Å²) in [5.41, 5.74) is 17.8. The van der Waals surface area contributed by atoms with E-state index in [0.717, 1.165) is 5.56 Å². The molecule has 16 heteroatoms. The summed E-state index contributed by atoms with van der Waals surface area (Å²) in [7, 11) is 0. The number of carbonyl (C=O) groups is 5. The highest BCUT2D eigenvalue weighted by molar-refractivity contribution is 5.94. The minimum Gasteiger partial charge on any atom is -0.508 e. The number of carbonyl (C=O) groups excluding carboxylic acids is 4. The van der Waals surface area contributed by atoms with Crippen LogP contribution in [0.3, 0.4) is 0 Å². The predicted octanol–water partition coefficient (Wildman–Crippen LogP) is -2.79. The van der Waals surface area contributed by atoms with Gasteiger partial charge in [-0.05, 0) is 42.5 Å². The number of aliphatic imine (C=N–C) groups is 1. The quantitative estimate of drug-likeness (QED) is 0.0457. The van der Waals surface area contributed by atoms with Crippen molar-refractivity contribution in [1.29, 1.82) is 0 Å². The van der Waals surface area contributed by atoms with Crippen molar-refractivity contribution in [1.82, 2.24) is 21.3 Å². The Labute approximate surface area is 259 Å². The summed E-state index contributed by atoms with van der Waals surface area (Å²) in [4.78, 5) is 66.6. The molecule has 0 bridgehead atoms. The molecular weight excluding hydrogens is 588 g/mol. The SMILES string of the molecule is NC(N)=NCCC[C@H](NC(=O)[C@H](Cc1ccc(O)cc1)NC(=O)CNC(=O)[C@H](CO)NC(=O)[C@@H](N)Cc1ccccc1)C(=O)O. The molecular formula is C29H40N8O8. The van der Waals surface area contributed by atoms with Crippen molar-refractivity contribution >= 4 is 35.6 Å². The fraction of sp³-hybridized carbons (Fsp3) is 0.379. The number of nitrogens with one attached hydrogen (secondary N) is 4. The lowest BCUT2D eigenvalue weighted by molar-refractivity contribution is -0.142. The highest BCUT2D eigenvalue weighted by atomic mass is 16.4. The van der Waals surface area contributed by atoms with Gasteiger partial charge in [0.1, 0.15) is 23.9 Å². The van der Waals surface area contributed by atoms with E-state index in [1.165, 1.54) is 24.3 Å². The van der Waals surface area contributed by atoms with E-state index in [9.17, 15) is 39.3 Å². The molecule has 4 atom stereocenters. The Balaban J connectivity index is 2.01. The maximum atomic E-state index is 13.1. The standard InChI is InChI=1S/C29H40N8O8/c30-20(13-17-5-2-1-3-6-17)25(41)37-23(16-38)26(42)34-15-24(40)35-22(14-18-8-10-19(39)11-9-18)27(43)36-21(28(44)45)7-4-12-33-29(31)32/h1-3,5-6,8-11,20-23,38-39H,4,7,12-16,30H2,(H,34,42)(H,35,40)(H,36,43)(H,37,41)(H,44,45)(H4,31,32,33)/t20-,21-,22-,23-/m0/s1. The van der Waals surface area contributed by atoms with Gasteiger partial charge in [-0.3, -0.25) is 24.2 Å². The largest absolute Gasteiger partial charge is 0.508 e. The third kappa shape index (κ3) is 13.3. The third-order valence-corrected chi connectivity index (χ3v) is 6.46. The van der Waals surface area contributed by atoms with Crippen LogP contribution in [0.1, 0.15) is 24.0 Å². The minimum absolute atomic E-state index is 0.00292. The van der Waals surface area contributed by atoms with Crippen molar-refractivity contribution in [3.8, 4) is 5.75 Å². The van der Waals surface area contributed by atoms with Crippen LogP contribution in [0.4, 0.5) is 0 Å². The Morgan fingerprint density at radius 3 is 2.00 bits per heavy atom. The van der Waals surface area contributed by atoms with Crippen LogP contribution in [0.15, 0.2) is 59.6 Å². The number of aliphatic hydroxyl groups is 1. The predicted molar refractivity (Wildman–Crippen MR) is 163 cm³/mol. The molecule has 0 spiro atoms. The second-order valence-electron chi connectivity index (χ2n) is 10.1. The van der Waals surface area contributed by atoms with Crippen LogP contribution < -0.4 is 38.5 Å². The van der Waals surface area contributed by atoms with Gasteiger partial charge in [0, 0.05) is 13.0 Å². The fourth-order valence-corrected chi connectivity index (χ4v) is 4.08. The molecule has 0 saturated carbocycles. The molecule has 2 aromatic carbocycles. The first-order valence-electron chi connectivity index (χ1n) is 14.0. The summed E-state index contributed by atoms with van der Waals surface area (Å²) in [6, 6.07) is 9.76. The van der Waals surface area contributed by atoms with Crippen molar-refractivity contribution in [2.75, 3.05) is 19.7 Å². The van der Waals surface area contributed by atoms with E-state index in [-0.39, 0.29) is 43.9 Å². The van der Waals surface area contributed by atoms with E-state index in [4.69, 9.17) is 17.2 Å². The van der Waals surface area contributed by atoms with E-state index in [2.05, 4.69) is 26.3 Å². The Kier molecular flexibility index (Phi) is 14.7.